The predicted octanol–water partition coefficient (Wildman–Crippen LogP) is 3.88. The first-order valence-electron chi connectivity index (χ1n) is 12.7. The highest BCUT2D eigenvalue weighted by Gasteiger charge is 2.43. The first-order valence-corrected chi connectivity index (χ1v) is 12.7. The van der Waals surface area contributed by atoms with Crippen molar-refractivity contribution in [1.82, 2.24) is 19.9 Å². The lowest BCUT2D eigenvalue weighted by atomic mass is 9.87. The predicted molar refractivity (Wildman–Crippen MR) is 132 cm³/mol. The van der Waals surface area contributed by atoms with E-state index in [1.54, 1.807) is 12.3 Å². The van der Waals surface area contributed by atoms with E-state index in [9.17, 15) is 27.5 Å². The topological polar surface area (TPSA) is 91.7 Å². The van der Waals surface area contributed by atoms with Crippen LogP contribution in [0.3, 0.4) is 0 Å². The Labute approximate surface area is 221 Å². The number of carbonyl (C=O) groups excluding carboxylic acids is 1. The van der Waals surface area contributed by atoms with E-state index in [1.165, 1.54) is 17.0 Å². The molecule has 12 heteroatoms. The summed E-state index contributed by atoms with van der Waals surface area (Å²) in [7, 11) is 0. The second-order valence-electron chi connectivity index (χ2n) is 10.3. The zero-order valence-electron chi connectivity index (χ0n) is 20.8. The van der Waals surface area contributed by atoms with Crippen LogP contribution in [0.1, 0.15) is 40.9 Å². The average Bonchev–Trinajstić information content (AvgIpc) is 3.51. The van der Waals surface area contributed by atoms with Gasteiger partial charge in [-0.2, -0.15) is 13.2 Å². The number of hydrogen-bond acceptors (Lipinski definition) is 7. The summed E-state index contributed by atoms with van der Waals surface area (Å²) in [6.07, 6.45) is 0.781. The number of benzene rings is 1. The summed E-state index contributed by atoms with van der Waals surface area (Å²) >= 11 is 0. The normalized spacial score (nSPS) is 20.3. The molecule has 0 bridgehead atoms. The Kier molecular flexibility index (Phi) is 6.17. The molecule has 3 aliphatic heterocycles. The maximum atomic E-state index is 14.9. The van der Waals surface area contributed by atoms with Gasteiger partial charge in [0, 0.05) is 56.6 Å². The number of alkyl halides is 3. The Balaban J connectivity index is 1.13. The molecule has 0 aliphatic carbocycles. The van der Waals surface area contributed by atoms with Gasteiger partial charge in [0.2, 0.25) is 0 Å². The molecule has 6 rings (SSSR count). The fourth-order valence-corrected chi connectivity index (χ4v) is 5.49. The number of ether oxygens (including phenoxy) is 1. The summed E-state index contributed by atoms with van der Waals surface area (Å²) in [6.45, 7) is 1.68. The summed E-state index contributed by atoms with van der Waals surface area (Å²) in [5.41, 5.74) is 0.506. The van der Waals surface area contributed by atoms with Crippen molar-refractivity contribution in [2.75, 3.05) is 31.1 Å². The molecule has 39 heavy (non-hydrogen) atoms. The largest absolute Gasteiger partial charge is 0.485 e. The third kappa shape index (κ3) is 4.88. The van der Waals surface area contributed by atoms with E-state index in [-0.39, 0.29) is 12.1 Å². The standard InChI is InChI=1S/C27H25F4N5O3/c28-20-9-16(1-2-19(20)25(38)36-6-3-18(37)15-36)21-10-17-11-26(39-22(17)12-32-21)4-7-35(8-5-26)24-14-33-23(13-34-24)27(29,30)31/h1-2,9-10,12-14,18,37H,3-8,11,15H2. The SMILES string of the molecule is O=C(c1ccc(-c2cc3c(cn2)OC2(CCN(c4cnc(C(F)(F)F)cn4)CC2)C3)cc1F)N1CCC(O)C1. The molecule has 3 aromatic rings. The summed E-state index contributed by atoms with van der Waals surface area (Å²) in [6, 6.07) is 6.27. The molecule has 1 amide bonds. The fourth-order valence-electron chi connectivity index (χ4n) is 5.49. The monoisotopic (exact) mass is 543 g/mol. The zero-order valence-corrected chi connectivity index (χ0v) is 20.8. The maximum absolute atomic E-state index is 14.9. The number of aliphatic hydroxyl groups is 1. The highest BCUT2D eigenvalue weighted by atomic mass is 19.4. The van der Waals surface area contributed by atoms with Crippen LogP contribution in [0.25, 0.3) is 11.3 Å². The minimum atomic E-state index is -4.53. The third-order valence-electron chi connectivity index (χ3n) is 7.66. The van der Waals surface area contributed by atoms with Gasteiger partial charge in [-0.25, -0.2) is 14.4 Å². The minimum Gasteiger partial charge on any atom is -0.485 e. The second kappa shape index (κ2) is 9.44. The quantitative estimate of drug-likeness (QED) is 0.502. The highest BCUT2D eigenvalue weighted by molar-refractivity contribution is 5.95. The van der Waals surface area contributed by atoms with E-state index in [0.29, 0.717) is 68.1 Å². The van der Waals surface area contributed by atoms with Crippen molar-refractivity contribution in [3.05, 3.63) is 65.5 Å². The van der Waals surface area contributed by atoms with Crippen molar-refractivity contribution in [1.29, 1.82) is 0 Å². The number of piperidine rings is 1. The molecule has 8 nitrogen and oxygen atoms in total. The smallest absolute Gasteiger partial charge is 0.434 e. The van der Waals surface area contributed by atoms with Gasteiger partial charge in [-0.05, 0) is 24.6 Å². The van der Waals surface area contributed by atoms with Crippen molar-refractivity contribution in [3.8, 4) is 17.0 Å². The lowest BCUT2D eigenvalue weighted by molar-refractivity contribution is -0.141. The molecule has 1 atom stereocenters. The molecule has 1 N–H and O–H groups in total. The number of nitrogens with zero attached hydrogens (tertiary/aromatic N) is 5. The number of likely N-dealkylation sites (tertiary alicyclic amines) is 1. The number of carbonyl (C=O) groups is 1. The maximum Gasteiger partial charge on any atom is 0.434 e. The Hall–Kier alpha value is -3.80. The number of anilines is 1. The number of β-amino-alcohol motifs (C(OH)–C–C–N with tert-alkyl or cyclic N) is 1. The molecule has 3 aliphatic rings. The van der Waals surface area contributed by atoms with Gasteiger partial charge in [0.05, 0.1) is 36.0 Å². The van der Waals surface area contributed by atoms with E-state index in [0.717, 1.165) is 18.0 Å². The summed E-state index contributed by atoms with van der Waals surface area (Å²) in [5.74, 6) is -0.0438. The summed E-state index contributed by atoms with van der Waals surface area (Å²) in [5, 5.41) is 9.68. The van der Waals surface area contributed by atoms with Crippen LogP contribution in [0.2, 0.25) is 0 Å². The molecule has 0 saturated carbocycles. The van der Waals surface area contributed by atoms with Gasteiger partial charge < -0.3 is 19.6 Å². The van der Waals surface area contributed by atoms with Gasteiger partial charge in [-0.1, -0.05) is 6.07 Å². The van der Waals surface area contributed by atoms with Crippen LogP contribution in [0.15, 0.2) is 42.9 Å². The number of aliphatic hydroxyl groups excluding tert-OH is 1. The second-order valence-corrected chi connectivity index (χ2v) is 10.3. The molecule has 2 fully saturated rings. The van der Waals surface area contributed by atoms with Crippen molar-refractivity contribution in [3.63, 3.8) is 0 Å². The lowest BCUT2D eigenvalue weighted by Gasteiger charge is -2.39. The average molecular weight is 544 g/mol. The molecule has 2 saturated heterocycles. The van der Waals surface area contributed by atoms with Crippen LogP contribution in [-0.2, 0) is 12.6 Å². The summed E-state index contributed by atoms with van der Waals surface area (Å²) in [4.78, 5) is 27.9. The number of aromatic nitrogens is 3. The van der Waals surface area contributed by atoms with E-state index in [2.05, 4.69) is 15.0 Å². The van der Waals surface area contributed by atoms with Gasteiger partial charge in [0.1, 0.15) is 23.0 Å². The van der Waals surface area contributed by atoms with Crippen molar-refractivity contribution < 1.29 is 32.2 Å². The molecule has 1 unspecified atom stereocenters. The van der Waals surface area contributed by atoms with Crippen molar-refractivity contribution in [2.24, 2.45) is 0 Å². The molecule has 1 aromatic carbocycles. The lowest BCUT2D eigenvalue weighted by Crippen LogP contribution is -2.47. The number of hydrogen-bond donors (Lipinski definition) is 1. The molecule has 5 heterocycles. The number of amides is 1. The minimum absolute atomic E-state index is 0.0409. The van der Waals surface area contributed by atoms with Gasteiger partial charge in [-0.3, -0.25) is 9.78 Å². The van der Waals surface area contributed by atoms with Crippen LogP contribution in [-0.4, -0.2) is 68.7 Å². The fraction of sp³-hybridized carbons (Fsp3) is 0.407. The van der Waals surface area contributed by atoms with E-state index >= 15 is 0 Å². The van der Waals surface area contributed by atoms with Crippen LogP contribution >= 0.6 is 0 Å². The van der Waals surface area contributed by atoms with Gasteiger partial charge in [0.25, 0.3) is 5.91 Å². The van der Waals surface area contributed by atoms with Crippen LogP contribution in [0.5, 0.6) is 5.75 Å². The van der Waals surface area contributed by atoms with Gasteiger partial charge >= 0.3 is 6.18 Å². The first kappa shape index (κ1) is 25.5. The van der Waals surface area contributed by atoms with Gasteiger partial charge in [-0.15, -0.1) is 0 Å². The zero-order chi connectivity index (χ0) is 27.4. The van der Waals surface area contributed by atoms with E-state index in [4.69, 9.17) is 4.74 Å². The third-order valence-corrected chi connectivity index (χ3v) is 7.66. The molecule has 204 valence electrons. The molecule has 0 radical (unpaired) electrons. The Bertz CT molecular complexity index is 1410. The first-order chi connectivity index (χ1) is 18.6. The van der Waals surface area contributed by atoms with Crippen molar-refractivity contribution in [2.45, 2.75) is 43.6 Å². The molecule has 1 spiro atoms. The number of halogens is 4. The van der Waals surface area contributed by atoms with Crippen LogP contribution in [0, 0.1) is 5.82 Å². The van der Waals surface area contributed by atoms with Crippen LogP contribution in [0.4, 0.5) is 23.4 Å². The Morgan fingerprint density at radius 2 is 1.85 bits per heavy atom. The summed E-state index contributed by atoms with van der Waals surface area (Å²) < 4.78 is 59.6. The van der Waals surface area contributed by atoms with Gasteiger partial charge in [0.15, 0.2) is 5.69 Å². The number of fused-ring (bicyclic) bond motifs is 1. The Morgan fingerprint density at radius 3 is 2.49 bits per heavy atom. The van der Waals surface area contributed by atoms with Crippen molar-refractivity contribution >= 4 is 11.7 Å². The number of rotatable bonds is 3. The molecular formula is C27H25F4N5O3. The molecular weight excluding hydrogens is 518 g/mol. The molecule has 2 aromatic heterocycles. The van der Waals surface area contributed by atoms with E-state index < -0.39 is 35.3 Å². The van der Waals surface area contributed by atoms with E-state index in [1.807, 2.05) is 11.0 Å². The Morgan fingerprint density at radius 1 is 1.05 bits per heavy atom. The highest BCUT2D eigenvalue weighted by Crippen LogP contribution is 2.42. The number of pyridine rings is 1. The van der Waals surface area contributed by atoms with Crippen LogP contribution < -0.4 is 9.64 Å².